The molecule has 1 N–H and O–H groups in total. The molecule has 1 saturated carbocycles. The topological polar surface area (TPSA) is 64.6 Å². The average molecular weight is 482 g/mol. The van der Waals surface area contributed by atoms with Crippen molar-refractivity contribution in [3.8, 4) is 0 Å². The molecule has 0 spiro atoms. The van der Waals surface area contributed by atoms with Gasteiger partial charge in [0.1, 0.15) is 6.04 Å². The summed E-state index contributed by atoms with van der Waals surface area (Å²) in [6.07, 6.45) is 24.3. The number of carbonyl (C=O) groups excluding carboxylic acids is 2. The standard InChI is InChI=1S/C29H55NO4/c1-3-5-7-9-11-13-15-20-24-33-28(31)27(26-22-18-17-19-23-26)30-29(32)34-25-21-16-14-12-10-8-6-4-2/h26-27H,3-25H2,1-2H3,(H,30,32). The minimum atomic E-state index is -0.569. The van der Waals surface area contributed by atoms with E-state index >= 15 is 0 Å². The van der Waals surface area contributed by atoms with E-state index in [2.05, 4.69) is 19.2 Å². The van der Waals surface area contributed by atoms with Crippen LogP contribution in [0.15, 0.2) is 0 Å². The molecule has 1 rings (SSSR count). The molecule has 0 bridgehead atoms. The van der Waals surface area contributed by atoms with Gasteiger partial charge in [-0.1, -0.05) is 123 Å². The van der Waals surface area contributed by atoms with Gasteiger partial charge in [0.15, 0.2) is 0 Å². The molecular weight excluding hydrogens is 426 g/mol. The van der Waals surface area contributed by atoms with Gasteiger partial charge in [0, 0.05) is 0 Å². The molecule has 1 unspecified atom stereocenters. The Balaban J connectivity index is 2.24. The van der Waals surface area contributed by atoms with E-state index in [1.54, 1.807) is 0 Å². The molecule has 34 heavy (non-hydrogen) atoms. The summed E-state index contributed by atoms with van der Waals surface area (Å²) in [5.74, 6) is -0.116. The third-order valence-corrected chi connectivity index (χ3v) is 7.12. The molecular formula is C29H55NO4. The fourth-order valence-corrected chi connectivity index (χ4v) is 4.90. The Morgan fingerprint density at radius 3 is 1.59 bits per heavy atom. The summed E-state index contributed by atoms with van der Waals surface area (Å²) in [7, 11) is 0. The first-order valence-corrected chi connectivity index (χ1v) is 14.8. The fraction of sp³-hybridized carbons (Fsp3) is 0.931. The van der Waals surface area contributed by atoms with E-state index in [-0.39, 0.29) is 11.9 Å². The molecule has 1 amide bonds. The van der Waals surface area contributed by atoms with Crippen LogP contribution in [0.1, 0.15) is 149 Å². The van der Waals surface area contributed by atoms with Gasteiger partial charge < -0.3 is 14.8 Å². The van der Waals surface area contributed by atoms with Crippen LogP contribution in [0.2, 0.25) is 0 Å². The van der Waals surface area contributed by atoms with Crippen molar-refractivity contribution in [2.75, 3.05) is 13.2 Å². The summed E-state index contributed by atoms with van der Waals surface area (Å²) in [6, 6.07) is -0.569. The number of nitrogens with one attached hydrogen (secondary N) is 1. The van der Waals surface area contributed by atoms with Gasteiger partial charge in [-0.05, 0) is 31.6 Å². The zero-order valence-electron chi connectivity index (χ0n) is 22.6. The SMILES string of the molecule is CCCCCCCCCCOC(=O)NC(C(=O)OCCCCCCCCCC)C1CCCCC1. The average Bonchev–Trinajstić information content (AvgIpc) is 2.85. The molecule has 5 heteroatoms. The first-order chi connectivity index (χ1) is 16.7. The van der Waals surface area contributed by atoms with E-state index < -0.39 is 12.1 Å². The van der Waals surface area contributed by atoms with Crippen LogP contribution in [-0.4, -0.2) is 31.3 Å². The van der Waals surface area contributed by atoms with E-state index in [0.717, 1.165) is 51.4 Å². The van der Waals surface area contributed by atoms with Crippen molar-refractivity contribution in [3.05, 3.63) is 0 Å². The zero-order valence-corrected chi connectivity index (χ0v) is 22.6. The predicted octanol–water partition coefficient (Wildman–Crippen LogP) is 8.49. The van der Waals surface area contributed by atoms with Gasteiger partial charge in [-0.3, -0.25) is 0 Å². The predicted molar refractivity (Wildman–Crippen MR) is 141 cm³/mol. The van der Waals surface area contributed by atoms with Crippen LogP contribution in [0.4, 0.5) is 4.79 Å². The lowest BCUT2D eigenvalue weighted by Crippen LogP contribution is -2.47. The van der Waals surface area contributed by atoms with E-state index in [4.69, 9.17) is 9.47 Å². The number of alkyl carbamates (subject to hydrolysis) is 1. The largest absolute Gasteiger partial charge is 0.464 e. The van der Waals surface area contributed by atoms with E-state index in [1.807, 2.05) is 0 Å². The van der Waals surface area contributed by atoms with Crippen LogP contribution in [0.5, 0.6) is 0 Å². The van der Waals surface area contributed by atoms with Gasteiger partial charge in [0.25, 0.3) is 0 Å². The van der Waals surface area contributed by atoms with Crippen molar-refractivity contribution in [1.29, 1.82) is 0 Å². The molecule has 0 saturated heterocycles. The second-order valence-electron chi connectivity index (χ2n) is 10.3. The Hall–Kier alpha value is -1.26. The number of unbranched alkanes of at least 4 members (excludes halogenated alkanes) is 14. The number of hydrogen-bond donors (Lipinski definition) is 1. The van der Waals surface area contributed by atoms with E-state index in [9.17, 15) is 9.59 Å². The maximum absolute atomic E-state index is 12.8. The number of esters is 1. The molecule has 0 aromatic heterocycles. The lowest BCUT2D eigenvalue weighted by molar-refractivity contribution is -0.148. The normalized spacial score (nSPS) is 15.1. The Bertz CT molecular complexity index is 491. The van der Waals surface area contributed by atoms with Gasteiger partial charge in [-0.25, -0.2) is 9.59 Å². The lowest BCUT2D eigenvalue weighted by atomic mass is 9.84. The minimum Gasteiger partial charge on any atom is -0.464 e. The monoisotopic (exact) mass is 481 g/mol. The summed E-state index contributed by atoms with van der Waals surface area (Å²) in [5, 5.41) is 2.86. The summed E-state index contributed by atoms with van der Waals surface area (Å²) in [4.78, 5) is 25.2. The van der Waals surface area contributed by atoms with Crippen molar-refractivity contribution >= 4 is 12.1 Å². The highest BCUT2D eigenvalue weighted by atomic mass is 16.6. The number of carbonyl (C=O) groups is 2. The van der Waals surface area contributed by atoms with Gasteiger partial charge in [-0.15, -0.1) is 0 Å². The highest BCUT2D eigenvalue weighted by Crippen LogP contribution is 2.27. The molecule has 0 aromatic carbocycles. The highest BCUT2D eigenvalue weighted by Gasteiger charge is 2.32. The lowest BCUT2D eigenvalue weighted by Gasteiger charge is -2.29. The van der Waals surface area contributed by atoms with E-state index in [0.29, 0.717) is 13.2 Å². The Morgan fingerprint density at radius 1 is 0.647 bits per heavy atom. The van der Waals surface area contributed by atoms with Crippen molar-refractivity contribution < 1.29 is 19.1 Å². The maximum atomic E-state index is 12.8. The number of hydrogen-bond acceptors (Lipinski definition) is 4. The first kappa shape index (κ1) is 30.8. The molecule has 1 aliphatic rings. The third kappa shape index (κ3) is 16.4. The van der Waals surface area contributed by atoms with Crippen molar-refractivity contribution in [2.45, 2.75) is 155 Å². The zero-order chi connectivity index (χ0) is 24.7. The summed E-state index contributed by atoms with van der Waals surface area (Å²) in [5.41, 5.74) is 0. The highest BCUT2D eigenvalue weighted by molar-refractivity contribution is 5.81. The van der Waals surface area contributed by atoms with Crippen LogP contribution in [-0.2, 0) is 14.3 Å². The van der Waals surface area contributed by atoms with Crippen LogP contribution in [0, 0.1) is 5.92 Å². The Labute approximate surface area is 210 Å². The van der Waals surface area contributed by atoms with Crippen LogP contribution < -0.4 is 5.32 Å². The van der Waals surface area contributed by atoms with E-state index in [1.165, 1.54) is 83.5 Å². The van der Waals surface area contributed by atoms with Crippen LogP contribution >= 0.6 is 0 Å². The molecule has 200 valence electrons. The van der Waals surface area contributed by atoms with Crippen molar-refractivity contribution in [3.63, 3.8) is 0 Å². The molecule has 1 fully saturated rings. The Morgan fingerprint density at radius 2 is 1.09 bits per heavy atom. The van der Waals surface area contributed by atoms with Gasteiger partial charge >= 0.3 is 12.1 Å². The molecule has 1 atom stereocenters. The number of amides is 1. The van der Waals surface area contributed by atoms with Gasteiger partial charge in [-0.2, -0.15) is 0 Å². The maximum Gasteiger partial charge on any atom is 0.407 e. The van der Waals surface area contributed by atoms with Gasteiger partial charge in [0.2, 0.25) is 0 Å². The minimum absolute atomic E-state index is 0.162. The number of ether oxygens (including phenoxy) is 2. The smallest absolute Gasteiger partial charge is 0.407 e. The summed E-state index contributed by atoms with van der Waals surface area (Å²) in [6.45, 7) is 5.34. The molecule has 0 aliphatic heterocycles. The molecule has 0 radical (unpaired) electrons. The Kier molecular flexibility index (Phi) is 20.1. The number of rotatable bonds is 21. The van der Waals surface area contributed by atoms with Crippen LogP contribution in [0.25, 0.3) is 0 Å². The molecule has 0 heterocycles. The third-order valence-electron chi connectivity index (χ3n) is 7.12. The molecule has 0 aromatic rings. The van der Waals surface area contributed by atoms with Crippen molar-refractivity contribution in [1.82, 2.24) is 5.32 Å². The van der Waals surface area contributed by atoms with Crippen molar-refractivity contribution in [2.24, 2.45) is 5.92 Å². The fourth-order valence-electron chi connectivity index (χ4n) is 4.90. The van der Waals surface area contributed by atoms with Gasteiger partial charge in [0.05, 0.1) is 13.2 Å². The quantitative estimate of drug-likeness (QED) is 0.132. The second-order valence-corrected chi connectivity index (χ2v) is 10.3. The summed E-state index contributed by atoms with van der Waals surface area (Å²) < 4.78 is 11.0. The molecule has 5 nitrogen and oxygen atoms in total. The van der Waals surface area contributed by atoms with Crippen LogP contribution in [0.3, 0.4) is 0 Å². The summed E-state index contributed by atoms with van der Waals surface area (Å²) >= 11 is 0. The second kappa shape index (κ2) is 22.2. The molecule has 1 aliphatic carbocycles. The first-order valence-electron chi connectivity index (χ1n) is 14.8.